The number of carbonyl (C=O) groups excluding carboxylic acids is 13. The van der Waals surface area contributed by atoms with Gasteiger partial charge in [0.15, 0.2) is 17.9 Å². The highest BCUT2D eigenvalue weighted by molar-refractivity contribution is 5.98. The zero-order chi connectivity index (χ0) is 96.7. The normalized spacial score (nSPS) is 12.2. The molecule has 0 aliphatic carbocycles. The van der Waals surface area contributed by atoms with Crippen molar-refractivity contribution in [2.45, 2.75) is 198 Å². The van der Waals surface area contributed by atoms with Crippen LogP contribution in [-0.2, 0) is 102 Å². The minimum atomic E-state index is -1.43. The summed E-state index contributed by atoms with van der Waals surface area (Å²) in [7, 11) is 0. The van der Waals surface area contributed by atoms with Crippen LogP contribution in [0.15, 0.2) is 182 Å². The Morgan fingerprint density at radius 1 is 0.256 bits per heavy atom. The van der Waals surface area contributed by atoms with Gasteiger partial charge < -0.3 is 117 Å². The van der Waals surface area contributed by atoms with Gasteiger partial charge in [-0.2, -0.15) is 0 Å². The monoisotopic (exact) mass is 1840 g/mol. The molecule has 0 saturated heterocycles. The summed E-state index contributed by atoms with van der Waals surface area (Å²) in [6.45, 7) is -1.90. The van der Waals surface area contributed by atoms with E-state index in [9.17, 15) is 28.8 Å². The fourth-order valence-corrected chi connectivity index (χ4v) is 15.0. The Morgan fingerprint density at radius 3 is 0.594 bits per heavy atom. The van der Waals surface area contributed by atoms with Crippen molar-refractivity contribution in [1.82, 2.24) is 77.3 Å². The summed E-state index contributed by atoms with van der Waals surface area (Å²) in [6.07, 6.45) is 4.59. The number of guanidine groups is 3. The SMILES string of the molecule is CC(=O)N[C@@H](CCCCN)C(=O)N(CC(=O)N[C@@H](CCCCNC(=N)N)C(=O)N(CC(=O)N[C@@H](CCCCN)C(=O)N(CC(=O)N[C@@H](CCCCNC(=N)N)C(=O)N(CC(=O)N[C@@H](CCCCN)C(=O)N(CC(=O)N[C@@H](CCCCNC(=N)N)C(=O)N(CC(N)=O)Cc1ccccc1)Cc1ccccc1)Cc1ccccc1)Cc1ccccc1)Cc1ccccc1)Cc1ccccc1. The molecule has 6 atom stereocenters. The summed E-state index contributed by atoms with van der Waals surface area (Å²) in [5, 5.41) is 48.5. The van der Waals surface area contributed by atoms with Gasteiger partial charge >= 0.3 is 0 Å². The molecule has 0 aromatic heterocycles. The van der Waals surface area contributed by atoms with Gasteiger partial charge in [-0.15, -0.1) is 0 Å². The van der Waals surface area contributed by atoms with Gasteiger partial charge in [-0.1, -0.05) is 182 Å². The van der Waals surface area contributed by atoms with Crippen LogP contribution in [0.5, 0.6) is 0 Å². The van der Waals surface area contributed by atoms with Crippen LogP contribution in [0.4, 0.5) is 0 Å². The third-order valence-corrected chi connectivity index (χ3v) is 21.6. The van der Waals surface area contributed by atoms with Crippen molar-refractivity contribution >= 4 is 94.7 Å². The Bertz CT molecular complexity index is 4650. The number of hydrogen-bond acceptors (Lipinski definition) is 19. The lowest BCUT2D eigenvalue weighted by molar-refractivity contribution is -0.144. The van der Waals surface area contributed by atoms with Crippen LogP contribution in [0.3, 0.4) is 0 Å². The van der Waals surface area contributed by atoms with Gasteiger partial charge in [0.25, 0.3) is 0 Å². The molecule has 6 aromatic rings. The highest BCUT2D eigenvalue weighted by Crippen LogP contribution is 2.21. The first kappa shape index (κ1) is 108. The van der Waals surface area contributed by atoms with E-state index >= 15 is 33.6 Å². The van der Waals surface area contributed by atoms with Crippen LogP contribution >= 0.6 is 0 Å². The minimum Gasteiger partial charge on any atom is -0.370 e. The van der Waals surface area contributed by atoms with E-state index in [1.807, 2.05) is 0 Å². The number of nitrogens with two attached hydrogens (primary N) is 7. The maximum absolute atomic E-state index is 15.8. The molecule has 0 radical (unpaired) electrons. The van der Waals surface area contributed by atoms with E-state index in [2.05, 4.69) is 47.9 Å². The van der Waals surface area contributed by atoms with Crippen LogP contribution in [0.2, 0.25) is 0 Å². The van der Waals surface area contributed by atoms with E-state index in [1.165, 1.54) is 36.3 Å². The predicted octanol–water partition coefficient (Wildman–Crippen LogP) is 1.92. The fourth-order valence-electron chi connectivity index (χ4n) is 15.0. The van der Waals surface area contributed by atoms with Crippen molar-refractivity contribution in [2.24, 2.45) is 40.1 Å². The number of rotatable bonds is 63. The average Bonchev–Trinajstić information content (AvgIpc) is 0.845. The second-order valence-corrected chi connectivity index (χ2v) is 32.8. The van der Waals surface area contributed by atoms with Gasteiger partial charge in [-0.3, -0.25) is 78.6 Å². The van der Waals surface area contributed by atoms with Crippen molar-refractivity contribution < 1.29 is 62.3 Å². The molecule has 133 heavy (non-hydrogen) atoms. The Labute approximate surface area is 778 Å². The van der Waals surface area contributed by atoms with Gasteiger partial charge in [0.2, 0.25) is 76.8 Å². The second kappa shape index (κ2) is 60.9. The number of primary amides is 1. The molecule has 6 rings (SSSR count). The Balaban J connectivity index is 1.33. The number of amides is 13. The quantitative estimate of drug-likeness (QED) is 0.0147. The lowest BCUT2D eigenvalue weighted by atomic mass is 10.1. The lowest BCUT2D eigenvalue weighted by Gasteiger charge is -2.32. The molecular formula is C95H137N25O13. The first-order valence-corrected chi connectivity index (χ1v) is 45.4. The molecule has 720 valence electrons. The van der Waals surface area contributed by atoms with E-state index < -0.39 is 152 Å². The first-order valence-electron chi connectivity index (χ1n) is 45.4. The highest BCUT2D eigenvalue weighted by atomic mass is 16.2. The maximum atomic E-state index is 15.8. The van der Waals surface area contributed by atoms with Crippen molar-refractivity contribution in [3.05, 3.63) is 215 Å². The standard InChI is InChI=1S/C95H137N25O13/c1-68(121)109-75(44-20-26-50-96)87(128)116(57-70-34-10-3-11-35-70)63-82(123)113-79(48-24-30-54-107-94(102)103)91(132)119(60-73-40-16-6-17-41-73)64-83(124)111-77(46-22-28-52-98)90(131)118(59-72-38-14-5-15-39-72)67-86(127)114-80(49-25-31-55-108-95(104)105)92(133)120(61-74-42-18-7-19-43-74)65-84(125)110-76(45-21-27-51-97)89(130)117(58-71-36-12-4-13-37-71)66-85(126)112-78(47-23-29-53-106-93(100)101)88(129)115(62-81(99)122)56-69-32-8-2-9-33-69/h2-19,32-43,75-80H,20-31,44-67,96-98H2,1H3,(H2,99,122)(H,109,121)(H,110,125)(H,111,124)(H,112,126)(H,113,123)(H,114,127)(H4,100,101,106)(H4,102,103,107)(H4,104,105,108)/t75-,76-,77-,78-,79-,80-/m0/s1. The predicted molar refractivity (Wildman–Crippen MR) is 508 cm³/mol. The van der Waals surface area contributed by atoms with Crippen LogP contribution in [0, 0.1) is 16.2 Å². The molecular weight excluding hydrogens is 1700 g/mol. The van der Waals surface area contributed by atoms with Gasteiger partial charge in [-0.25, -0.2) is 0 Å². The summed E-state index contributed by atoms with van der Waals surface area (Å²) in [5.74, 6) is -10.2. The zero-order valence-corrected chi connectivity index (χ0v) is 76.3. The number of benzene rings is 6. The molecule has 0 aliphatic heterocycles. The van der Waals surface area contributed by atoms with Crippen LogP contribution in [0.25, 0.3) is 0 Å². The topological polar surface area (TPSA) is 603 Å². The number of unbranched alkanes of at least 4 members (excludes halogenated alkanes) is 6. The average molecular weight is 1840 g/mol. The van der Waals surface area contributed by atoms with Gasteiger partial charge in [-0.05, 0) is 169 Å². The van der Waals surface area contributed by atoms with Crippen LogP contribution in [0.1, 0.15) is 156 Å². The molecule has 38 nitrogen and oxygen atoms in total. The van der Waals surface area contributed by atoms with Crippen molar-refractivity contribution in [3.63, 3.8) is 0 Å². The summed E-state index contributed by atoms with van der Waals surface area (Å²) in [4.78, 5) is 199. The zero-order valence-electron chi connectivity index (χ0n) is 76.3. The van der Waals surface area contributed by atoms with Gasteiger partial charge in [0.05, 0.1) is 39.3 Å². The smallest absolute Gasteiger partial charge is 0.245 e. The maximum Gasteiger partial charge on any atom is 0.245 e. The van der Waals surface area contributed by atoms with Crippen molar-refractivity contribution in [2.75, 3.05) is 78.5 Å². The van der Waals surface area contributed by atoms with Gasteiger partial charge in [0, 0.05) is 65.8 Å². The van der Waals surface area contributed by atoms with E-state index in [4.69, 9.17) is 56.4 Å². The molecule has 0 unspecified atom stereocenters. The number of hydrogen-bond donors (Lipinski definition) is 19. The minimum absolute atomic E-state index is 0.00251. The second-order valence-electron chi connectivity index (χ2n) is 32.8. The number of nitrogens with zero attached hydrogens (tertiary/aromatic N) is 6. The molecule has 0 heterocycles. The third-order valence-electron chi connectivity index (χ3n) is 21.6. The van der Waals surface area contributed by atoms with Crippen molar-refractivity contribution in [1.29, 1.82) is 16.2 Å². The van der Waals surface area contributed by atoms with E-state index in [0.29, 0.717) is 97.7 Å². The molecule has 38 heteroatoms. The molecule has 6 aromatic carbocycles. The number of nitrogens with one attached hydrogen (secondary N) is 12. The van der Waals surface area contributed by atoms with Crippen molar-refractivity contribution in [3.8, 4) is 0 Å². The summed E-state index contributed by atoms with van der Waals surface area (Å²) >= 11 is 0. The fraction of sp³-hybridized carbons (Fsp3) is 0.453. The highest BCUT2D eigenvalue weighted by Gasteiger charge is 2.37. The molecule has 0 spiro atoms. The van der Waals surface area contributed by atoms with Crippen LogP contribution < -0.4 is 88.0 Å². The molecule has 0 saturated carbocycles. The molecule has 0 bridgehead atoms. The molecule has 0 aliphatic rings. The first-order chi connectivity index (χ1) is 64.0. The molecule has 0 fully saturated rings. The number of carbonyl (C=O) groups is 13. The Hall–Kier alpha value is -13.9. The molecule has 13 amide bonds. The van der Waals surface area contributed by atoms with E-state index in [0.717, 1.165) is 0 Å². The summed E-state index contributed by atoms with van der Waals surface area (Å²) in [6, 6.07) is 44.8. The van der Waals surface area contributed by atoms with Gasteiger partial charge in [0.1, 0.15) is 36.3 Å². The third kappa shape index (κ3) is 42.7. The lowest BCUT2D eigenvalue weighted by Crippen LogP contribution is -2.57. The van der Waals surface area contributed by atoms with E-state index in [1.54, 1.807) is 182 Å². The Kier molecular flexibility index (Phi) is 49.4. The summed E-state index contributed by atoms with van der Waals surface area (Å²) in [5.41, 5.74) is 44.1. The van der Waals surface area contributed by atoms with Crippen LogP contribution in [-0.4, -0.2) is 239 Å². The Morgan fingerprint density at radius 2 is 0.429 bits per heavy atom. The largest absolute Gasteiger partial charge is 0.370 e. The van der Waals surface area contributed by atoms with E-state index in [-0.39, 0.29) is 148 Å². The molecule has 26 N–H and O–H groups in total. The summed E-state index contributed by atoms with van der Waals surface area (Å²) < 4.78 is 0.